The van der Waals surface area contributed by atoms with Crippen LogP contribution in [0.5, 0.6) is 0 Å². The van der Waals surface area contributed by atoms with Crippen LogP contribution in [-0.4, -0.2) is 19.8 Å². The van der Waals surface area contributed by atoms with E-state index in [0.717, 1.165) is 12.3 Å². The molecule has 0 amide bonds. The van der Waals surface area contributed by atoms with Gasteiger partial charge in [0.1, 0.15) is 0 Å². The molecule has 1 aromatic rings. The molecule has 2 nitrogen and oxygen atoms in total. The van der Waals surface area contributed by atoms with Crippen molar-refractivity contribution in [3.8, 4) is 0 Å². The standard InChI is InChI=1S/C17H27NO/c1-17(2,19-4)12-16(18-3)15-11-6-5-10-14(15)13-8-7-9-13/h5-6,10-11,13,16,18H,7-9,12H2,1-4H3. The molecule has 1 aliphatic carbocycles. The van der Waals surface area contributed by atoms with Crippen molar-refractivity contribution in [2.24, 2.45) is 0 Å². The summed E-state index contributed by atoms with van der Waals surface area (Å²) in [7, 11) is 3.85. The summed E-state index contributed by atoms with van der Waals surface area (Å²) >= 11 is 0. The van der Waals surface area contributed by atoms with Gasteiger partial charge in [0.2, 0.25) is 0 Å². The zero-order chi connectivity index (χ0) is 13.9. The van der Waals surface area contributed by atoms with Crippen LogP contribution < -0.4 is 5.32 Å². The molecule has 1 fully saturated rings. The fourth-order valence-electron chi connectivity index (χ4n) is 2.86. The SMILES string of the molecule is CNC(CC(C)(C)OC)c1ccccc1C1CCC1. The Bertz CT molecular complexity index is 409. The quantitative estimate of drug-likeness (QED) is 0.834. The first-order chi connectivity index (χ1) is 9.07. The maximum absolute atomic E-state index is 5.59. The molecule has 0 heterocycles. The minimum atomic E-state index is -0.0968. The molecule has 1 aliphatic rings. The summed E-state index contributed by atoms with van der Waals surface area (Å²) in [6.07, 6.45) is 5.07. The zero-order valence-electron chi connectivity index (χ0n) is 12.7. The zero-order valence-corrected chi connectivity index (χ0v) is 12.7. The van der Waals surface area contributed by atoms with Gasteiger partial charge in [0.05, 0.1) is 5.60 Å². The van der Waals surface area contributed by atoms with E-state index in [2.05, 4.69) is 43.4 Å². The average molecular weight is 261 g/mol. The van der Waals surface area contributed by atoms with E-state index in [0.29, 0.717) is 6.04 Å². The molecule has 0 saturated heterocycles. The van der Waals surface area contributed by atoms with Crippen molar-refractivity contribution in [2.45, 2.75) is 57.1 Å². The van der Waals surface area contributed by atoms with Gasteiger partial charge in [0.15, 0.2) is 0 Å². The number of hydrogen-bond acceptors (Lipinski definition) is 2. The third-order valence-corrected chi connectivity index (χ3v) is 4.51. The van der Waals surface area contributed by atoms with Crippen LogP contribution in [0, 0.1) is 0 Å². The molecule has 1 unspecified atom stereocenters. The molecule has 2 rings (SSSR count). The second-order valence-corrected chi connectivity index (χ2v) is 6.27. The highest BCUT2D eigenvalue weighted by atomic mass is 16.5. The van der Waals surface area contributed by atoms with Crippen molar-refractivity contribution in [3.05, 3.63) is 35.4 Å². The topological polar surface area (TPSA) is 21.3 Å². The molecule has 0 aliphatic heterocycles. The molecule has 0 radical (unpaired) electrons. The van der Waals surface area contributed by atoms with E-state index < -0.39 is 0 Å². The highest BCUT2D eigenvalue weighted by Gasteiger charge is 2.28. The summed E-state index contributed by atoms with van der Waals surface area (Å²) in [5.41, 5.74) is 2.90. The Hall–Kier alpha value is -0.860. The van der Waals surface area contributed by atoms with Crippen LogP contribution in [0.4, 0.5) is 0 Å². The molecule has 1 aromatic carbocycles. The molecular formula is C17H27NO. The van der Waals surface area contributed by atoms with Crippen molar-refractivity contribution >= 4 is 0 Å². The lowest BCUT2D eigenvalue weighted by Gasteiger charge is -2.33. The lowest BCUT2D eigenvalue weighted by molar-refractivity contribution is 0.00732. The van der Waals surface area contributed by atoms with Crippen molar-refractivity contribution in [1.29, 1.82) is 0 Å². The summed E-state index contributed by atoms with van der Waals surface area (Å²) in [4.78, 5) is 0. The normalized spacial score (nSPS) is 18.1. The lowest BCUT2D eigenvalue weighted by atomic mass is 9.76. The van der Waals surface area contributed by atoms with E-state index in [1.807, 2.05) is 7.05 Å². The summed E-state index contributed by atoms with van der Waals surface area (Å²) in [5.74, 6) is 0.776. The van der Waals surface area contributed by atoms with Crippen molar-refractivity contribution in [1.82, 2.24) is 5.32 Å². The Morgan fingerprint density at radius 3 is 2.53 bits per heavy atom. The summed E-state index contributed by atoms with van der Waals surface area (Å²) in [5, 5.41) is 3.47. The number of ether oxygens (including phenoxy) is 1. The Morgan fingerprint density at radius 1 is 1.32 bits per heavy atom. The van der Waals surface area contributed by atoms with Gasteiger partial charge < -0.3 is 10.1 Å². The van der Waals surface area contributed by atoms with Crippen LogP contribution in [0.1, 0.15) is 62.6 Å². The van der Waals surface area contributed by atoms with Gasteiger partial charge in [0.25, 0.3) is 0 Å². The number of nitrogens with one attached hydrogen (secondary N) is 1. The van der Waals surface area contributed by atoms with Crippen LogP contribution in [0.3, 0.4) is 0 Å². The Kier molecular flexibility index (Phi) is 4.64. The van der Waals surface area contributed by atoms with E-state index in [9.17, 15) is 0 Å². The van der Waals surface area contributed by atoms with Gasteiger partial charge in [-0.3, -0.25) is 0 Å². The fraction of sp³-hybridized carbons (Fsp3) is 0.647. The number of hydrogen-bond donors (Lipinski definition) is 1. The maximum Gasteiger partial charge on any atom is 0.0640 e. The Balaban J connectivity index is 2.22. The van der Waals surface area contributed by atoms with Crippen LogP contribution in [0.15, 0.2) is 24.3 Å². The van der Waals surface area contributed by atoms with Crippen LogP contribution >= 0.6 is 0 Å². The first kappa shape index (κ1) is 14.5. The van der Waals surface area contributed by atoms with Crippen molar-refractivity contribution < 1.29 is 4.74 Å². The predicted molar refractivity (Wildman–Crippen MR) is 80.5 cm³/mol. The molecule has 2 heteroatoms. The van der Waals surface area contributed by atoms with Crippen LogP contribution in [0.2, 0.25) is 0 Å². The molecule has 0 aromatic heterocycles. The minimum Gasteiger partial charge on any atom is -0.379 e. The molecular weight excluding hydrogens is 234 g/mol. The Labute approximate surface area is 117 Å². The van der Waals surface area contributed by atoms with Gasteiger partial charge in [-0.25, -0.2) is 0 Å². The second kappa shape index (κ2) is 6.06. The van der Waals surface area contributed by atoms with E-state index >= 15 is 0 Å². The van der Waals surface area contributed by atoms with E-state index in [4.69, 9.17) is 4.74 Å². The molecule has 1 N–H and O–H groups in total. The summed E-state index contributed by atoms with van der Waals surface area (Å²) < 4.78 is 5.59. The predicted octanol–water partition coefficient (Wildman–Crippen LogP) is 4.03. The van der Waals surface area contributed by atoms with Gasteiger partial charge in [-0.1, -0.05) is 30.7 Å². The van der Waals surface area contributed by atoms with Crippen LogP contribution in [-0.2, 0) is 4.74 Å². The highest BCUT2D eigenvalue weighted by Crippen LogP contribution is 2.40. The lowest BCUT2D eigenvalue weighted by Crippen LogP contribution is -2.31. The molecule has 1 atom stereocenters. The summed E-state index contributed by atoms with van der Waals surface area (Å²) in [6.45, 7) is 4.31. The van der Waals surface area contributed by atoms with Gasteiger partial charge >= 0.3 is 0 Å². The van der Waals surface area contributed by atoms with Crippen LogP contribution in [0.25, 0.3) is 0 Å². The number of rotatable bonds is 6. The van der Waals surface area contributed by atoms with Gasteiger partial charge in [-0.15, -0.1) is 0 Å². The maximum atomic E-state index is 5.59. The average Bonchev–Trinajstić information content (AvgIpc) is 2.35. The molecule has 1 saturated carbocycles. The fourth-order valence-corrected chi connectivity index (χ4v) is 2.86. The smallest absolute Gasteiger partial charge is 0.0640 e. The molecule has 19 heavy (non-hydrogen) atoms. The monoisotopic (exact) mass is 261 g/mol. The Morgan fingerprint density at radius 2 is 2.00 bits per heavy atom. The first-order valence-corrected chi connectivity index (χ1v) is 7.38. The minimum absolute atomic E-state index is 0.0968. The van der Waals surface area contributed by atoms with E-state index in [1.54, 1.807) is 12.7 Å². The molecule has 0 spiro atoms. The third-order valence-electron chi connectivity index (χ3n) is 4.51. The summed E-state index contributed by atoms with van der Waals surface area (Å²) in [6, 6.07) is 9.28. The first-order valence-electron chi connectivity index (χ1n) is 7.38. The van der Waals surface area contributed by atoms with Gasteiger partial charge in [0, 0.05) is 13.2 Å². The van der Waals surface area contributed by atoms with Gasteiger partial charge in [-0.2, -0.15) is 0 Å². The molecule has 0 bridgehead atoms. The van der Waals surface area contributed by atoms with Crippen molar-refractivity contribution in [2.75, 3.05) is 14.2 Å². The number of benzene rings is 1. The highest BCUT2D eigenvalue weighted by molar-refractivity contribution is 5.34. The third kappa shape index (κ3) is 3.37. The van der Waals surface area contributed by atoms with E-state index in [-0.39, 0.29) is 5.60 Å². The molecule has 106 valence electrons. The largest absolute Gasteiger partial charge is 0.379 e. The van der Waals surface area contributed by atoms with Gasteiger partial charge in [-0.05, 0) is 57.2 Å². The number of methoxy groups -OCH3 is 1. The van der Waals surface area contributed by atoms with E-state index in [1.165, 1.54) is 24.8 Å². The second-order valence-electron chi connectivity index (χ2n) is 6.27. The van der Waals surface area contributed by atoms with Crippen molar-refractivity contribution in [3.63, 3.8) is 0 Å².